The molecule has 4 nitrogen and oxygen atoms in total. The van der Waals surface area contributed by atoms with Crippen molar-refractivity contribution >= 4 is 11.8 Å². The Morgan fingerprint density at radius 2 is 1.24 bits per heavy atom. The minimum atomic E-state index is -0.294. The van der Waals surface area contributed by atoms with Crippen LogP contribution in [0.2, 0.25) is 0 Å². The zero-order chi connectivity index (χ0) is 15.1. The van der Waals surface area contributed by atoms with Crippen LogP contribution in [0.3, 0.4) is 0 Å². The van der Waals surface area contributed by atoms with Gasteiger partial charge < -0.3 is 5.73 Å². The molecule has 0 aliphatic heterocycles. The maximum absolute atomic E-state index is 12.5. The van der Waals surface area contributed by atoms with Gasteiger partial charge in [0.2, 0.25) is 0 Å². The van der Waals surface area contributed by atoms with E-state index < -0.39 is 0 Å². The summed E-state index contributed by atoms with van der Waals surface area (Å²) in [5, 5.41) is 0. The first-order chi connectivity index (χ1) is 10.2. The molecule has 2 amide bonds. The van der Waals surface area contributed by atoms with Crippen molar-refractivity contribution in [3.8, 4) is 0 Å². The van der Waals surface area contributed by atoms with Gasteiger partial charge in [-0.05, 0) is 37.2 Å². The lowest BCUT2D eigenvalue weighted by atomic mass is 10.1. The van der Waals surface area contributed by atoms with Gasteiger partial charge in [0.05, 0.1) is 0 Å². The summed E-state index contributed by atoms with van der Waals surface area (Å²) >= 11 is 0. The van der Waals surface area contributed by atoms with Crippen LogP contribution in [0, 0.1) is 0 Å². The van der Waals surface area contributed by atoms with Crippen LogP contribution in [0.4, 0.5) is 0 Å². The minimum Gasteiger partial charge on any atom is -0.330 e. The van der Waals surface area contributed by atoms with Gasteiger partial charge in [-0.25, -0.2) is 0 Å². The highest BCUT2D eigenvalue weighted by atomic mass is 16.2. The van der Waals surface area contributed by atoms with Gasteiger partial charge in [0, 0.05) is 17.7 Å². The monoisotopic (exact) mass is 282 g/mol. The zero-order valence-corrected chi connectivity index (χ0v) is 11.7. The van der Waals surface area contributed by atoms with Crippen LogP contribution in [0.25, 0.3) is 0 Å². The van der Waals surface area contributed by atoms with Gasteiger partial charge in [-0.15, -0.1) is 0 Å². The van der Waals surface area contributed by atoms with Gasteiger partial charge >= 0.3 is 0 Å². The second-order valence-electron chi connectivity index (χ2n) is 4.64. The van der Waals surface area contributed by atoms with E-state index in [2.05, 4.69) is 0 Å². The standard InChI is InChI=1S/C17H18N2O2/c18-12-7-13-19(16(20)14-8-3-1-4-9-14)17(21)15-10-5-2-6-11-15/h1-6,8-11H,7,12-13,18H2. The van der Waals surface area contributed by atoms with Gasteiger partial charge in [-0.2, -0.15) is 0 Å². The molecule has 0 saturated carbocycles. The minimum absolute atomic E-state index is 0.294. The Morgan fingerprint density at radius 1 is 0.810 bits per heavy atom. The number of benzene rings is 2. The fourth-order valence-corrected chi connectivity index (χ4v) is 2.02. The molecule has 0 heterocycles. The Labute approximate surface area is 124 Å². The predicted molar refractivity (Wildman–Crippen MR) is 81.9 cm³/mol. The van der Waals surface area contributed by atoms with Crippen LogP contribution >= 0.6 is 0 Å². The summed E-state index contributed by atoms with van der Waals surface area (Å²) in [5.74, 6) is -0.587. The smallest absolute Gasteiger partial charge is 0.260 e. The number of nitrogens with zero attached hydrogens (tertiary/aromatic N) is 1. The van der Waals surface area contributed by atoms with E-state index in [-0.39, 0.29) is 11.8 Å². The summed E-state index contributed by atoms with van der Waals surface area (Å²) in [6.07, 6.45) is 0.581. The summed E-state index contributed by atoms with van der Waals surface area (Å²) in [6.45, 7) is 0.749. The summed E-state index contributed by atoms with van der Waals surface area (Å²) in [7, 11) is 0. The highest BCUT2D eigenvalue weighted by Gasteiger charge is 2.23. The fraction of sp³-hybridized carbons (Fsp3) is 0.176. The topological polar surface area (TPSA) is 63.4 Å². The molecule has 2 aromatic rings. The molecule has 0 aliphatic carbocycles. The molecular formula is C17H18N2O2. The Bertz CT molecular complexity index is 545. The summed E-state index contributed by atoms with van der Waals surface area (Å²) in [6, 6.07) is 17.6. The van der Waals surface area contributed by atoms with Crippen LogP contribution in [0.5, 0.6) is 0 Å². The summed E-state index contributed by atoms with van der Waals surface area (Å²) in [4.78, 5) is 26.3. The average Bonchev–Trinajstić information content (AvgIpc) is 2.56. The lowest BCUT2D eigenvalue weighted by Gasteiger charge is -2.20. The SMILES string of the molecule is NCCCN(C(=O)c1ccccc1)C(=O)c1ccccc1. The highest BCUT2D eigenvalue weighted by Crippen LogP contribution is 2.11. The van der Waals surface area contributed by atoms with E-state index in [0.29, 0.717) is 30.6 Å². The van der Waals surface area contributed by atoms with Crippen LogP contribution in [-0.2, 0) is 0 Å². The molecule has 0 bridgehead atoms. The first-order valence-corrected chi connectivity index (χ1v) is 6.90. The first kappa shape index (κ1) is 14.9. The number of nitrogens with two attached hydrogens (primary N) is 1. The zero-order valence-electron chi connectivity index (χ0n) is 11.7. The van der Waals surface area contributed by atoms with Crippen molar-refractivity contribution in [2.75, 3.05) is 13.1 Å². The van der Waals surface area contributed by atoms with E-state index in [1.807, 2.05) is 12.1 Å². The quantitative estimate of drug-likeness (QED) is 0.856. The normalized spacial score (nSPS) is 10.1. The van der Waals surface area contributed by atoms with E-state index >= 15 is 0 Å². The molecule has 0 fully saturated rings. The molecule has 4 heteroatoms. The second-order valence-corrected chi connectivity index (χ2v) is 4.64. The third-order valence-electron chi connectivity index (χ3n) is 3.12. The number of rotatable bonds is 5. The molecule has 2 N–H and O–H groups in total. The first-order valence-electron chi connectivity index (χ1n) is 6.90. The number of carbonyl (C=O) groups is 2. The van der Waals surface area contributed by atoms with Crippen LogP contribution in [0.15, 0.2) is 60.7 Å². The summed E-state index contributed by atoms with van der Waals surface area (Å²) < 4.78 is 0. The lowest BCUT2D eigenvalue weighted by Crippen LogP contribution is -2.38. The van der Waals surface area contributed by atoms with Crippen molar-refractivity contribution in [2.24, 2.45) is 5.73 Å². The third-order valence-corrected chi connectivity index (χ3v) is 3.12. The number of amides is 2. The van der Waals surface area contributed by atoms with Gasteiger partial charge in [-0.1, -0.05) is 36.4 Å². The Balaban J connectivity index is 2.26. The average molecular weight is 282 g/mol. The number of hydrogen-bond donors (Lipinski definition) is 1. The van der Waals surface area contributed by atoms with E-state index in [0.717, 1.165) is 0 Å². The van der Waals surface area contributed by atoms with Crippen molar-refractivity contribution < 1.29 is 9.59 Å². The van der Waals surface area contributed by atoms with Crippen molar-refractivity contribution in [3.63, 3.8) is 0 Å². The van der Waals surface area contributed by atoms with E-state index in [1.165, 1.54) is 4.90 Å². The molecule has 2 aromatic carbocycles. The lowest BCUT2D eigenvalue weighted by molar-refractivity contribution is 0.0615. The number of hydrogen-bond acceptors (Lipinski definition) is 3. The third kappa shape index (κ3) is 3.77. The maximum atomic E-state index is 12.5. The molecule has 0 atom stereocenters. The Morgan fingerprint density at radius 3 is 1.62 bits per heavy atom. The van der Waals surface area contributed by atoms with Crippen molar-refractivity contribution in [2.45, 2.75) is 6.42 Å². The van der Waals surface area contributed by atoms with E-state index in [1.54, 1.807) is 48.5 Å². The molecular weight excluding hydrogens is 264 g/mol. The van der Waals surface area contributed by atoms with Crippen LogP contribution in [0.1, 0.15) is 27.1 Å². The van der Waals surface area contributed by atoms with Crippen molar-refractivity contribution in [3.05, 3.63) is 71.8 Å². The highest BCUT2D eigenvalue weighted by molar-refractivity contribution is 6.10. The van der Waals surface area contributed by atoms with Gasteiger partial charge in [-0.3, -0.25) is 14.5 Å². The van der Waals surface area contributed by atoms with Gasteiger partial charge in [0.25, 0.3) is 11.8 Å². The van der Waals surface area contributed by atoms with E-state index in [4.69, 9.17) is 5.73 Å². The van der Waals surface area contributed by atoms with E-state index in [9.17, 15) is 9.59 Å². The molecule has 0 aliphatic rings. The number of carbonyl (C=O) groups excluding carboxylic acids is 2. The molecule has 0 aromatic heterocycles. The van der Waals surface area contributed by atoms with Crippen LogP contribution in [-0.4, -0.2) is 29.8 Å². The Kier molecular flexibility index (Phi) is 5.23. The van der Waals surface area contributed by atoms with Crippen molar-refractivity contribution in [1.29, 1.82) is 0 Å². The molecule has 0 saturated heterocycles. The van der Waals surface area contributed by atoms with Crippen molar-refractivity contribution in [1.82, 2.24) is 4.90 Å². The fourth-order valence-electron chi connectivity index (χ4n) is 2.02. The molecule has 108 valence electrons. The maximum Gasteiger partial charge on any atom is 0.260 e. The molecule has 2 rings (SSSR count). The second kappa shape index (κ2) is 7.36. The molecule has 0 unspecified atom stereocenters. The largest absolute Gasteiger partial charge is 0.330 e. The molecule has 0 spiro atoms. The Hall–Kier alpha value is -2.46. The number of imide groups is 1. The van der Waals surface area contributed by atoms with Gasteiger partial charge in [0.15, 0.2) is 0 Å². The summed E-state index contributed by atoms with van der Waals surface area (Å²) in [5.41, 5.74) is 6.50. The van der Waals surface area contributed by atoms with Crippen LogP contribution < -0.4 is 5.73 Å². The van der Waals surface area contributed by atoms with Gasteiger partial charge in [0.1, 0.15) is 0 Å². The molecule has 0 radical (unpaired) electrons. The predicted octanol–water partition coefficient (Wildman–Crippen LogP) is 2.32. The molecule has 21 heavy (non-hydrogen) atoms.